The van der Waals surface area contributed by atoms with Crippen LogP contribution in [0.5, 0.6) is 5.75 Å². The van der Waals surface area contributed by atoms with E-state index < -0.39 is 0 Å². The molecule has 0 aliphatic carbocycles. The van der Waals surface area contributed by atoms with Crippen molar-refractivity contribution in [3.05, 3.63) is 77.2 Å². The first kappa shape index (κ1) is 31.0. The number of carbonyl (C=O) groups excluding carboxylic acids is 1. The van der Waals surface area contributed by atoms with E-state index in [1.807, 2.05) is 41.4 Å². The van der Waals surface area contributed by atoms with Crippen molar-refractivity contribution in [3.8, 4) is 5.75 Å². The van der Waals surface area contributed by atoms with E-state index in [1.54, 1.807) is 12.4 Å². The molecule has 2 fully saturated rings. The molecule has 0 spiro atoms. The Labute approximate surface area is 280 Å². The van der Waals surface area contributed by atoms with E-state index >= 15 is 0 Å². The lowest BCUT2D eigenvalue weighted by Gasteiger charge is -2.32. The zero-order chi connectivity index (χ0) is 32.0. The molecule has 2 saturated heterocycles. The number of ether oxygens (including phenoxy) is 1. The first-order valence-electron chi connectivity index (χ1n) is 16.6. The number of fused-ring (bicyclic) bond motifs is 6. The van der Waals surface area contributed by atoms with Crippen molar-refractivity contribution < 1.29 is 9.53 Å². The lowest BCUT2D eigenvalue weighted by molar-refractivity contribution is 0.170. The Hall–Kier alpha value is -4.64. The maximum atomic E-state index is 13.1. The van der Waals surface area contributed by atoms with Crippen LogP contribution < -0.4 is 25.6 Å². The Morgan fingerprint density at radius 3 is 2.68 bits per heavy atom. The van der Waals surface area contributed by atoms with Crippen LogP contribution in [0.4, 0.5) is 39.6 Å². The fraction of sp³-hybridized carbons (Fsp3) is 0.400. The molecule has 4 aromatic rings. The number of nitrogens with zero attached hydrogens (tertiary/aromatic N) is 6. The van der Waals surface area contributed by atoms with Gasteiger partial charge >= 0.3 is 6.03 Å². The number of anilines is 6. The van der Waals surface area contributed by atoms with Gasteiger partial charge in [0.1, 0.15) is 22.4 Å². The fourth-order valence-electron chi connectivity index (χ4n) is 6.49. The molecule has 11 nitrogen and oxygen atoms in total. The highest BCUT2D eigenvalue weighted by Gasteiger charge is 2.24. The third-order valence-electron chi connectivity index (χ3n) is 9.14. The first-order chi connectivity index (χ1) is 23.1. The van der Waals surface area contributed by atoms with Crippen molar-refractivity contribution in [2.45, 2.75) is 51.4 Å². The number of benzene rings is 1. The zero-order valence-corrected chi connectivity index (χ0v) is 27.2. The Kier molecular flexibility index (Phi) is 9.50. The quantitative estimate of drug-likeness (QED) is 0.198. The molecule has 7 rings (SSSR count). The van der Waals surface area contributed by atoms with E-state index in [9.17, 15) is 4.79 Å². The third kappa shape index (κ3) is 7.85. The third-order valence-corrected chi connectivity index (χ3v) is 9.41. The van der Waals surface area contributed by atoms with Crippen LogP contribution in [-0.2, 0) is 12.8 Å². The topological polar surface area (TPSA) is 120 Å². The maximum Gasteiger partial charge on any atom is 0.323 e. The highest BCUT2D eigenvalue weighted by Crippen LogP contribution is 2.31. The fourth-order valence-corrected chi connectivity index (χ4v) is 6.63. The van der Waals surface area contributed by atoms with Crippen molar-refractivity contribution in [2.24, 2.45) is 5.92 Å². The minimum absolute atomic E-state index is 0.0762. The van der Waals surface area contributed by atoms with Gasteiger partial charge in [0.05, 0.1) is 24.7 Å². The van der Waals surface area contributed by atoms with E-state index in [0.717, 1.165) is 92.4 Å². The summed E-state index contributed by atoms with van der Waals surface area (Å²) < 4.78 is 6.39. The Morgan fingerprint density at radius 1 is 0.936 bits per heavy atom. The lowest BCUT2D eigenvalue weighted by atomic mass is 9.94. The van der Waals surface area contributed by atoms with Gasteiger partial charge in [0, 0.05) is 38.1 Å². The number of rotatable bonds is 6. The molecule has 3 aliphatic heterocycles. The van der Waals surface area contributed by atoms with E-state index in [0.29, 0.717) is 35.1 Å². The standard InChI is InChI=1S/C35H40ClN9O2/c36-29-23-38-34-40-28-19-25(21-37-22-28)7-8-26-20-27(39-33(29)43-34)9-10-30(26)47-18-13-24-11-16-45(17-12-24)35(46)42-31-5-4-6-32(41-31)44-14-2-1-3-15-44/h4-6,9-10,19-24H,1-3,7-8,11-18H2,(H,41,42,46)(H2,38,39,40,43). The van der Waals surface area contributed by atoms with Crippen LogP contribution in [0.15, 0.2) is 61.1 Å². The SMILES string of the molecule is O=C(Nc1cccc(N2CCCCC2)n1)N1CCC(CCOc2ccc3cc2CCc2cncc(c2)Nc2ncc(Cl)c(n2)N3)CC1. The van der Waals surface area contributed by atoms with Crippen LogP contribution in [0.1, 0.15) is 49.7 Å². The van der Waals surface area contributed by atoms with E-state index in [2.05, 4.69) is 47.9 Å². The molecule has 0 atom stereocenters. The molecule has 3 aliphatic rings. The lowest BCUT2D eigenvalue weighted by Crippen LogP contribution is -2.41. The number of pyridine rings is 2. The highest BCUT2D eigenvalue weighted by atomic mass is 35.5. The Morgan fingerprint density at radius 2 is 1.81 bits per heavy atom. The van der Waals surface area contributed by atoms with Gasteiger partial charge in [-0.15, -0.1) is 0 Å². The molecule has 2 amide bonds. The molecular formula is C35H40ClN9O2. The number of amides is 2. The van der Waals surface area contributed by atoms with Crippen LogP contribution in [0.25, 0.3) is 0 Å². The number of nitrogens with one attached hydrogen (secondary N) is 3. The van der Waals surface area contributed by atoms with Gasteiger partial charge in [-0.1, -0.05) is 17.7 Å². The van der Waals surface area contributed by atoms with E-state index in [4.69, 9.17) is 21.3 Å². The van der Waals surface area contributed by atoms with Gasteiger partial charge in [-0.25, -0.2) is 14.8 Å². The van der Waals surface area contributed by atoms with Crippen LogP contribution >= 0.6 is 11.6 Å². The van der Waals surface area contributed by atoms with Crippen LogP contribution in [0, 0.1) is 5.92 Å². The first-order valence-corrected chi connectivity index (χ1v) is 17.0. The maximum absolute atomic E-state index is 13.1. The molecule has 12 heteroatoms. The van der Waals surface area contributed by atoms with Crippen molar-refractivity contribution in [2.75, 3.05) is 53.6 Å². The van der Waals surface area contributed by atoms with Crippen LogP contribution in [-0.4, -0.2) is 63.7 Å². The number of carbonyl (C=O) groups is 1. The molecule has 3 N–H and O–H groups in total. The number of urea groups is 1. The summed E-state index contributed by atoms with van der Waals surface area (Å²) in [5.74, 6) is 3.89. The zero-order valence-electron chi connectivity index (χ0n) is 26.4. The van der Waals surface area contributed by atoms with Crippen LogP contribution in [0.2, 0.25) is 5.02 Å². The van der Waals surface area contributed by atoms with Crippen molar-refractivity contribution >= 4 is 52.4 Å². The monoisotopic (exact) mass is 653 g/mol. The number of hydrogen-bond donors (Lipinski definition) is 3. The predicted molar refractivity (Wildman–Crippen MR) is 185 cm³/mol. The molecule has 1 aromatic carbocycles. The Balaban J connectivity index is 0.935. The normalized spacial score (nSPS) is 16.5. The summed E-state index contributed by atoms with van der Waals surface area (Å²) in [6.45, 7) is 4.11. The average Bonchev–Trinajstić information content (AvgIpc) is 3.10. The summed E-state index contributed by atoms with van der Waals surface area (Å²) in [6.07, 6.45) is 13.3. The summed E-state index contributed by atoms with van der Waals surface area (Å²) in [5, 5.41) is 10.0. The van der Waals surface area contributed by atoms with Gasteiger partial charge in [-0.2, -0.15) is 4.98 Å². The summed E-state index contributed by atoms with van der Waals surface area (Å²) >= 11 is 6.42. The molecule has 3 aromatic heterocycles. The molecule has 0 saturated carbocycles. The second-order valence-electron chi connectivity index (χ2n) is 12.5. The van der Waals surface area contributed by atoms with Gasteiger partial charge in [0.2, 0.25) is 5.95 Å². The molecule has 0 unspecified atom stereocenters. The van der Waals surface area contributed by atoms with Gasteiger partial charge in [-0.05, 0) is 105 Å². The summed E-state index contributed by atoms with van der Waals surface area (Å²) in [5.41, 5.74) is 3.90. The molecule has 244 valence electrons. The summed E-state index contributed by atoms with van der Waals surface area (Å²) in [7, 11) is 0. The summed E-state index contributed by atoms with van der Waals surface area (Å²) in [4.78, 5) is 35.3. The second kappa shape index (κ2) is 14.4. The van der Waals surface area contributed by atoms with Crippen molar-refractivity contribution in [1.29, 1.82) is 0 Å². The Bertz CT molecular complexity index is 1710. The average molecular weight is 654 g/mol. The van der Waals surface area contributed by atoms with E-state index in [1.165, 1.54) is 19.3 Å². The van der Waals surface area contributed by atoms with Gasteiger partial charge in [0.25, 0.3) is 0 Å². The second-order valence-corrected chi connectivity index (χ2v) is 12.9. The number of piperidine rings is 2. The van der Waals surface area contributed by atoms with Gasteiger partial charge in [0.15, 0.2) is 5.82 Å². The highest BCUT2D eigenvalue weighted by molar-refractivity contribution is 6.32. The molecule has 6 heterocycles. The minimum atomic E-state index is -0.0762. The minimum Gasteiger partial charge on any atom is -0.493 e. The predicted octanol–water partition coefficient (Wildman–Crippen LogP) is 7.21. The smallest absolute Gasteiger partial charge is 0.323 e. The number of hydrogen-bond acceptors (Lipinski definition) is 9. The van der Waals surface area contributed by atoms with Crippen molar-refractivity contribution in [3.63, 3.8) is 0 Å². The van der Waals surface area contributed by atoms with E-state index in [-0.39, 0.29) is 6.03 Å². The summed E-state index contributed by atoms with van der Waals surface area (Å²) in [6, 6.07) is 14.0. The van der Waals surface area contributed by atoms with Crippen LogP contribution in [0.3, 0.4) is 0 Å². The molecule has 47 heavy (non-hydrogen) atoms. The molecule has 0 radical (unpaired) electrons. The number of likely N-dealkylation sites (tertiary alicyclic amines) is 1. The van der Waals surface area contributed by atoms with Gasteiger partial charge in [-0.3, -0.25) is 10.3 Å². The number of aromatic nitrogens is 4. The molecular weight excluding hydrogens is 614 g/mol. The van der Waals surface area contributed by atoms with Crippen molar-refractivity contribution in [1.82, 2.24) is 24.8 Å². The number of aryl methyl sites for hydroxylation is 2. The number of halogens is 1. The molecule has 6 bridgehead atoms. The largest absolute Gasteiger partial charge is 0.493 e. The van der Waals surface area contributed by atoms with Gasteiger partial charge < -0.3 is 25.2 Å².